The number of hydrogen-bond acceptors (Lipinski definition) is 4. The standard InChI is InChI=1S/C14H25NO3/c1-17-14(16)13-11-18-10-9-15(13)8-7-12-5-3-2-4-6-12/h12-13H,2-11H2,1H3. The molecule has 1 saturated heterocycles. The van der Waals surface area contributed by atoms with Crippen molar-refractivity contribution in [3.05, 3.63) is 0 Å². The van der Waals surface area contributed by atoms with Gasteiger partial charge in [0.2, 0.25) is 0 Å². The molecule has 1 aliphatic heterocycles. The summed E-state index contributed by atoms with van der Waals surface area (Å²) in [5.74, 6) is 0.707. The monoisotopic (exact) mass is 255 g/mol. The van der Waals surface area contributed by atoms with Crippen molar-refractivity contribution in [2.24, 2.45) is 5.92 Å². The van der Waals surface area contributed by atoms with Crippen LogP contribution in [-0.4, -0.2) is 50.3 Å². The minimum atomic E-state index is -0.188. The number of hydrogen-bond donors (Lipinski definition) is 0. The fourth-order valence-electron chi connectivity index (χ4n) is 3.08. The summed E-state index contributed by atoms with van der Waals surface area (Å²) in [6, 6.07) is -0.188. The average molecular weight is 255 g/mol. The first-order chi connectivity index (χ1) is 8.81. The van der Waals surface area contributed by atoms with E-state index >= 15 is 0 Å². The largest absolute Gasteiger partial charge is 0.468 e. The van der Waals surface area contributed by atoms with E-state index < -0.39 is 0 Å². The third-order valence-corrected chi connectivity index (χ3v) is 4.26. The summed E-state index contributed by atoms with van der Waals surface area (Å²) in [7, 11) is 1.45. The molecule has 1 saturated carbocycles. The van der Waals surface area contributed by atoms with Crippen LogP contribution >= 0.6 is 0 Å². The van der Waals surface area contributed by atoms with E-state index in [1.165, 1.54) is 45.6 Å². The smallest absolute Gasteiger partial charge is 0.325 e. The van der Waals surface area contributed by atoms with Crippen LogP contribution in [0.25, 0.3) is 0 Å². The molecule has 0 bridgehead atoms. The molecule has 1 unspecified atom stereocenters. The normalized spacial score (nSPS) is 27.1. The first kappa shape index (κ1) is 13.8. The topological polar surface area (TPSA) is 38.8 Å². The molecule has 0 amide bonds. The summed E-state index contributed by atoms with van der Waals surface area (Å²) in [6.07, 6.45) is 8.12. The highest BCUT2D eigenvalue weighted by Gasteiger charge is 2.30. The number of nitrogens with zero attached hydrogens (tertiary/aromatic N) is 1. The second-order valence-electron chi connectivity index (χ2n) is 5.44. The van der Waals surface area contributed by atoms with E-state index in [4.69, 9.17) is 9.47 Å². The van der Waals surface area contributed by atoms with Crippen LogP contribution in [-0.2, 0) is 14.3 Å². The van der Waals surface area contributed by atoms with Crippen LogP contribution in [0.1, 0.15) is 38.5 Å². The number of carbonyl (C=O) groups is 1. The molecule has 4 heteroatoms. The minimum absolute atomic E-state index is 0.154. The highest BCUT2D eigenvalue weighted by Crippen LogP contribution is 2.26. The Labute approximate surface area is 110 Å². The number of methoxy groups -OCH3 is 1. The Hall–Kier alpha value is -0.610. The molecular formula is C14H25NO3. The zero-order valence-corrected chi connectivity index (χ0v) is 11.4. The molecule has 2 rings (SSSR count). The van der Waals surface area contributed by atoms with Crippen molar-refractivity contribution in [1.82, 2.24) is 4.90 Å². The summed E-state index contributed by atoms with van der Waals surface area (Å²) >= 11 is 0. The van der Waals surface area contributed by atoms with Gasteiger partial charge in [0.1, 0.15) is 6.04 Å². The minimum Gasteiger partial charge on any atom is -0.468 e. The van der Waals surface area contributed by atoms with Crippen LogP contribution in [0.5, 0.6) is 0 Å². The average Bonchev–Trinajstić information content (AvgIpc) is 2.45. The van der Waals surface area contributed by atoms with Gasteiger partial charge in [0.25, 0.3) is 0 Å². The Morgan fingerprint density at radius 2 is 2.11 bits per heavy atom. The van der Waals surface area contributed by atoms with E-state index in [0.717, 1.165) is 25.6 Å². The lowest BCUT2D eigenvalue weighted by Crippen LogP contribution is -2.50. The first-order valence-corrected chi connectivity index (χ1v) is 7.21. The van der Waals surface area contributed by atoms with E-state index in [0.29, 0.717) is 6.61 Å². The molecule has 1 aliphatic carbocycles. The maximum atomic E-state index is 11.7. The van der Waals surface area contributed by atoms with Gasteiger partial charge in [0.05, 0.1) is 20.3 Å². The van der Waals surface area contributed by atoms with Crippen molar-refractivity contribution < 1.29 is 14.3 Å². The fourth-order valence-corrected chi connectivity index (χ4v) is 3.08. The Kier molecular flexibility index (Phi) is 5.45. The Morgan fingerprint density at radius 3 is 2.83 bits per heavy atom. The van der Waals surface area contributed by atoms with Gasteiger partial charge in [0.15, 0.2) is 0 Å². The van der Waals surface area contributed by atoms with Crippen LogP contribution in [0.2, 0.25) is 0 Å². The molecule has 18 heavy (non-hydrogen) atoms. The maximum Gasteiger partial charge on any atom is 0.325 e. The van der Waals surface area contributed by atoms with Gasteiger partial charge >= 0.3 is 5.97 Å². The molecule has 0 aromatic rings. The van der Waals surface area contributed by atoms with E-state index in [1.54, 1.807) is 0 Å². The van der Waals surface area contributed by atoms with Crippen molar-refractivity contribution in [2.75, 3.05) is 33.4 Å². The molecule has 1 atom stereocenters. The highest BCUT2D eigenvalue weighted by atomic mass is 16.5. The summed E-state index contributed by atoms with van der Waals surface area (Å²) in [6.45, 7) is 3.08. The van der Waals surface area contributed by atoms with Gasteiger partial charge in [-0.1, -0.05) is 32.1 Å². The molecule has 0 N–H and O–H groups in total. The predicted octanol–water partition coefficient (Wildman–Crippen LogP) is 1.83. The van der Waals surface area contributed by atoms with Crippen LogP contribution < -0.4 is 0 Å². The quantitative estimate of drug-likeness (QED) is 0.718. The zero-order valence-electron chi connectivity index (χ0n) is 11.4. The Balaban J connectivity index is 1.79. The van der Waals surface area contributed by atoms with E-state index in [9.17, 15) is 4.79 Å². The van der Waals surface area contributed by atoms with Gasteiger partial charge < -0.3 is 9.47 Å². The van der Waals surface area contributed by atoms with Crippen LogP contribution in [0.15, 0.2) is 0 Å². The maximum absolute atomic E-state index is 11.7. The first-order valence-electron chi connectivity index (χ1n) is 7.21. The van der Waals surface area contributed by atoms with Crippen molar-refractivity contribution in [3.63, 3.8) is 0 Å². The molecule has 104 valence electrons. The molecule has 2 fully saturated rings. The lowest BCUT2D eigenvalue weighted by Gasteiger charge is -2.34. The molecular weight excluding hydrogens is 230 g/mol. The second-order valence-corrected chi connectivity index (χ2v) is 5.44. The lowest BCUT2D eigenvalue weighted by molar-refractivity contribution is -0.153. The van der Waals surface area contributed by atoms with Crippen LogP contribution in [0, 0.1) is 5.92 Å². The molecule has 0 radical (unpaired) electrons. The highest BCUT2D eigenvalue weighted by molar-refractivity contribution is 5.75. The van der Waals surface area contributed by atoms with E-state index in [-0.39, 0.29) is 12.0 Å². The van der Waals surface area contributed by atoms with Gasteiger partial charge in [0, 0.05) is 6.54 Å². The number of rotatable bonds is 4. The molecule has 0 aromatic carbocycles. The molecule has 2 aliphatic rings. The Morgan fingerprint density at radius 1 is 1.33 bits per heavy atom. The predicted molar refractivity (Wildman–Crippen MR) is 69.4 cm³/mol. The van der Waals surface area contributed by atoms with Crippen molar-refractivity contribution in [2.45, 2.75) is 44.6 Å². The second kappa shape index (κ2) is 7.10. The number of morpholine rings is 1. The zero-order chi connectivity index (χ0) is 12.8. The van der Waals surface area contributed by atoms with Crippen molar-refractivity contribution in [3.8, 4) is 0 Å². The van der Waals surface area contributed by atoms with Gasteiger partial charge in [-0.2, -0.15) is 0 Å². The van der Waals surface area contributed by atoms with Crippen molar-refractivity contribution in [1.29, 1.82) is 0 Å². The van der Waals surface area contributed by atoms with Gasteiger partial charge in [-0.05, 0) is 18.9 Å². The van der Waals surface area contributed by atoms with Gasteiger partial charge in [-0.15, -0.1) is 0 Å². The van der Waals surface area contributed by atoms with Crippen LogP contribution in [0.3, 0.4) is 0 Å². The van der Waals surface area contributed by atoms with E-state index in [2.05, 4.69) is 4.90 Å². The van der Waals surface area contributed by atoms with Crippen LogP contribution in [0.4, 0.5) is 0 Å². The van der Waals surface area contributed by atoms with Gasteiger partial charge in [-0.3, -0.25) is 9.69 Å². The lowest BCUT2D eigenvalue weighted by atomic mass is 9.87. The number of carbonyl (C=O) groups excluding carboxylic acids is 1. The molecule has 4 nitrogen and oxygen atoms in total. The van der Waals surface area contributed by atoms with Gasteiger partial charge in [-0.25, -0.2) is 0 Å². The summed E-state index contributed by atoms with van der Waals surface area (Å²) < 4.78 is 10.2. The molecule has 0 aromatic heterocycles. The summed E-state index contributed by atoms with van der Waals surface area (Å²) in [5.41, 5.74) is 0. The Bertz CT molecular complexity index is 264. The number of esters is 1. The van der Waals surface area contributed by atoms with Crippen molar-refractivity contribution >= 4 is 5.97 Å². The molecule has 1 heterocycles. The van der Waals surface area contributed by atoms with E-state index in [1.807, 2.05) is 0 Å². The SMILES string of the molecule is COC(=O)C1COCCN1CCC1CCCCC1. The summed E-state index contributed by atoms with van der Waals surface area (Å²) in [4.78, 5) is 13.9. The fraction of sp³-hybridized carbons (Fsp3) is 0.929. The molecule has 0 spiro atoms. The third-order valence-electron chi connectivity index (χ3n) is 4.26. The number of ether oxygens (including phenoxy) is 2. The third kappa shape index (κ3) is 3.69. The summed E-state index contributed by atoms with van der Waals surface area (Å²) in [5, 5.41) is 0.